The summed E-state index contributed by atoms with van der Waals surface area (Å²) in [5, 5.41) is 14.7. The van der Waals surface area contributed by atoms with Gasteiger partial charge in [-0.1, -0.05) is 39.0 Å². The molecule has 0 fully saturated rings. The number of pyridine rings is 1. The number of nitrogens with zero attached hydrogens (tertiary/aromatic N) is 1. The van der Waals surface area contributed by atoms with E-state index in [1.54, 1.807) is 6.20 Å². The molecule has 0 aliphatic carbocycles. The summed E-state index contributed by atoms with van der Waals surface area (Å²) in [6.07, 6.45) is 5.09. The number of nitrogens with one attached hydrogen (secondary N) is 1. The van der Waals surface area contributed by atoms with Crippen LogP contribution in [0, 0.1) is 5.41 Å². The normalized spacial score (nSPS) is 13.2. The van der Waals surface area contributed by atoms with Gasteiger partial charge in [-0.15, -0.1) is 0 Å². The number of carboxylic acids is 1. The van der Waals surface area contributed by atoms with E-state index in [4.69, 9.17) is 0 Å². The third-order valence-corrected chi connectivity index (χ3v) is 3.79. The second-order valence-electron chi connectivity index (χ2n) is 6.89. The lowest BCUT2D eigenvalue weighted by Crippen LogP contribution is -2.37. The molecule has 2 N–H and O–H groups in total. The first-order valence-corrected chi connectivity index (χ1v) is 7.65. The van der Waals surface area contributed by atoms with Crippen LogP contribution in [0.15, 0.2) is 36.7 Å². The van der Waals surface area contributed by atoms with Crippen LogP contribution in [-0.2, 0) is 11.3 Å². The van der Waals surface area contributed by atoms with Crippen molar-refractivity contribution in [1.29, 1.82) is 0 Å². The Morgan fingerprint density at radius 1 is 1.32 bits per heavy atom. The number of fused-ring (bicyclic) bond motifs is 1. The predicted octanol–water partition coefficient (Wildman–Crippen LogP) is 3.60. The molecule has 0 amide bonds. The van der Waals surface area contributed by atoms with Crippen molar-refractivity contribution in [3.8, 4) is 0 Å². The molecule has 0 bridgehead atoms. The predicted molar refractivity (Wildman–Crippen MR) is 88.7 cm³/mol. The molecule has 0 spiro atoms. The van der Waals surface area contributed by atoms with E-state index in [9.17, 15) is 9.90 Å². The summed E-state index contributed by atoms with van der Waals surface area (Å²) in [4.78, 5) is 15.6. The summed E-state index contributed by atoms with van der Waals surface area (Å²) in [6.45, 7) is 6.91. The maximum atomic E-state index is 11.4. The Kier molecular flexibility index (Phi) is 5.14. The van der Waals surface area contributed by atoms with E-state index < -0.39 is 12.0 Å². The summed E-state index contributed by atoms with van der Waals surface area (Å²) < 4.78 is 0. The molecule has 118 valence electrons. The Balaban J connectivity index is 2.06. The van der Waals surface area contributed by atoms with Crippen LogP contribution in [0.2, 0.25) is 0 Å². The van der Waals surface area contributed by atoms with Crippen molar-refractivity contribution in [2.75, 3.05) is 0 Å². The van der Waals surface area contributed by atoms with E-state index in [0.29, 0.717) is 13.0 Å². The number of carboxylic acid groups (broad SMARTS) is 1. The van der Waals surface area contributed by atoms with Crippen molar-refractivity contribution < 1.29 is 9.90 Å². The molecule has 4 nitrogen and oxygen atoms in total. The molecule has 1 aromatic carbocycles. The number of aliphatic carboxylic acids is 1. The minimum absolute atomic E-state index is 0.138. The van der Waals surface area contributed by atoms with Gasteiger partial charge in [0, 0.05) is 24.3 Å². The van der Waals surface area contributed by atoms with Crippen LogP contribution in [0.4, 0.5) is 0 Å². The van der Waals surface area contributed by atoms with Crippen molar-refractivity contribution in [3.05, 3.63) is 42.2 Å². The highest BCUT2D eigenvalue weighted by Crippen LogP contribution is 2.22. The van der Waals surface area contributed by atoms with Gasteiger partial charge in [0.1, 0.15) is 6.04 Å². The zero-order valence-corrected chi connectivity index (χ0v) is 13.5. The largest absolute Gasteiger partial charge is 0.480 e. The second kappa shape index (κ2) is 6.88. The number of carbonyl (C=O) groups is 1. The van der Waals surface area contributed by atoms with Gasteiger partial charge in [0.2, 0.25) is 0 Å². The summed E-state index contributed by atoms with van der Waals surface area (Å²) in [6, 6.07) is 7.48. The Hall–Kier alpha value is -1.94. The van der Waals surface area contributed by atoms with E-state index >= 15 is 0 Å². The molecule has 0 aliphatic heterocycles. The highest BCUT2D eigenvalue weighted by molar-refractivity contribution is 5.84. The van der Waals surface area contributed by atoms with Gasteiger partial charge in [0.15, 0.2) is 0 Å². The van der Waals surface area contributed by atoms with Crippen molar-refractivity contribution in [3.63, 3.8) is 0 Å². The fraction of sp³-hybridized carbons (Fsp3) is 0.444. The highest BCUT2D eigenvalue weighted by atomic mass is 16.4. The van der Waals surface area contributed by atoms with Gasteiger partial charge < -0.3 is 10.4 Å². The highest BCUT2D eigenvalue weighted by Gasteiger charge is 2.20. The van der Waals surface area contributed by atoms with Crippen LogP contribution in [0.5, 0.6) is 0 Å². The monoisotopic (exact) mass is 300 g/mol. The van der Waals surface area contributed by atoms with Gasteiger partial charge in [0.25, 0.3) is 0 Å². The lowest BCUT2D eigenvalue weighted by atomic mass is 9.88. The van der Waals surface area contributed by atoms with Crippen molar-refractivity contribution in [2.24, 2.45) is 5.41 Å². The van der Waals surface area contributed by atoms with Gasteiger partial charge in [-0.05, 0) is 35.3 Å². The molecule has 22 heavy (non-hydrogen) atoms. The Morgan fingerprint density at radius 3 is 2.77 bits per heavy atom. The Labute approximate surface area is 131 Å². The summed E-state index contributed by atoms with van der Waals surface area (Å²) in [5.74, 6) is -0.789. The molecule has 1 heterocycles. The lowest BCUT2D eigenvalue weighted by molar-refractivity contribution is -0.139. The van der Waals surface area contributed by atoms with Crippen molar-refractivity contribution in [2.45, 2.75) is 46.2 Å². The number of aromatic nitrogens is 1. The molecule has 4 heteroatoms. The van der Waals surface area contributed by atoms with Crippen molar-refractivity contribution in [1.82, 2.24) is 10.3 Å². The Bertz CT molecular complexity index is 642. The first-order chi connectivity index (χ1) is 10.4. The molecule has 2 rings (SSSR count). The summed E-state index contributed by atoms with van der Waals surface area (Å²) in [7, 11) is 0. The third-order valence-electron chi connectivity index (χ3n) is 3.79. The maximum absolute atomic E-state index is 11.4. The van der Waals surface area contributed by atoms with Gasteiger partial charge in [-0.2, -0.15) is 0 Å². The van der Waals surface area contributed by atoms with Crippen LogP contribution in [0.1, 0.15) is 39.2 Å². The number of hydrogen-bond acceptors (Lipinski definition) is 3. The fourth-order valence-electron chi connectivity index (χ4n) is 2.45. The quantitative estimate of drug-likeness (QED) is 0.855. The molecule has 0 aliphatic rings. The average molecular weight is 300 g/mol. The zero-order chi connectivity index (χ0) is 16.2. The molecule has 0 unspecified atom stereocenters. The van der Waals surface area contributed by atoms with Gasteiger partial charge >= 0.3 is 5.97 Å². The molecular formula is C18H24N2O2. The van der Waals surface area contributed by atoms with Crippen LogP contribution >= 0.6 is 0 Å². The topological polar surface area (TPSA) is 62.2 Å². The van der Waals surface area contributed by atoms with E-state index in [2.05, 4.69) is 31.1 Å². The SMILES string of the molecule is CC(C)(C)CC[C@H](NCc1cccc2ccncc12)C(=O)O. The van der Waals surface area contributed by atoms with E-state index in [1.165, 1.54) is 0 Å². The van der Waals surface area contributed by atoms with E-state index in [1.807, 2.05) is 30.5 Å². The average Bonchev–Trinajstić information content (AvgIpc) is 2.45. The molecule has 0 saturated heterocycles. The number of rotatable bonds is 6. The van der Waals surface area contributed by atoms with E-state index in [0.717, 1.165) is 22.8 Å². The van der Waals surface area contributed by atoms with Crippen LogP contribution in [0.25, 0.3) is 10.8 Å². The molecule has 1 aromatic heterocycles. The van der Waals surface area contributed by atoms with E-state index in [-0.39, 0.29) is 5.41 Å². The molecule has 1 atom stereocenters. The van der Waals surface area contributed by atoms with Gasteiger partial charge in [-0.3, -0.25) is 9.78 Å². The smallest absolute Gasteiger partial charge is 0.320 e. The second-order valence-corrected chi connectivity index (χ2v) is 6.89. The number of benzene rings is 1. The Morgan fingerprint density at radius 2 is 2.09 bits per heavy atom. The van der Waals surface area contributed by atoms with Crippen LogP contribution in [0.3, 0.4) is 0 Å². The van der Waals surface area contributed by atoms with Crippen molar-refractivity contribution >= 4 is 16.7 Å². The molecule has 0 saturated carbocycles. The fourth-order valence-corrected chi connectivity index (χ4v) is 2.45. The summed E-state index contributed by atoms with van der Waals surface area (Å²) >= 11 is 0. The van der Waals surface area contributed by atoms with Crippen LogP contribution < -0.4 is 5.32 Å². The number of hydrogen-bond donors (Lipinski definition) is 2. The van der Waals surface area contributed by atoms with Gasteiger partial charge in [-0.25, -0.2) is 0 Å². The maximum Gasteiger partial charge on any atom is 0.320 e. The summed E-state index contributed by atoms with van der Waals surface area (Å²) in [5.41, 5.74) is 1.21. The first-order valence-electron chi connectivity index (χ1n) is 7.65. The molecular weight excluding hydrogens is 276 g/mol. The first kappa shape index (κ1) is 16.4. The lowest BCUT2D eigenvalue weighted by Gasteiger charge is -2.22. The standard InChI is InChI=1S/C18H24N2O2/c1-18(2,3)9-7-16(17(21)22)20-11-14-6-4-5-13-8-10-19-12-15(13)14/h4-6,8,10,12,16,20H,7,9,11H2,1-3H3,(H,21,22)/t16-/m0/s1. The zero-order valence-electron chi connectivity index (χ0n) is 13.5. The van der Waals surface area contributed by atoms with Gasteiger partial charge in [0.05, 0.1) is 0 Å². The molecule has 2 aromatic rings. The molecule has 0 radical (unpaired) electrons. The minimum atomic E-state index is -0.789. The third kappa shape index (κ3) is 4.53. The minimum Gasteiger partial charge on any atom is -0.480 e. The van der Waals surface area contributed by atoms with Crippen LogP contribution in [-0.4, -0.2) is 22.1 Å².